The molecule has 1 aliphatic heterocycles. The molecule has 34 heavy (non-hydrogen) atoms. The van der Waals surface area contributed by atoms with Crippen molar-refractivity contribution in [3.63, 3.8) is 0 Å². The highest BCUT2D eigenvalue weighted by Gasteiger charge is 2.26. The van der Waals surface area contributed by atoms with Gasteiger partial charge < -0.3 is 5.32 Å². The summed E-state index contributed by atoms with van der Waals surface area (Å²) in [6, 6.07) is 10.6. The van der Waals surface area contributed by atoms with Gasteiger partial charge in [-0.15, -0.1) is 0 Å². The van der Waals surface area contributed by atoms with Crippen molar-refractivity contribution in [2.45, 2.75) is 56.2 Å². The molecule has 0 atom stereocenters. The van der Waals surface area contributed by atoms with Crippen molar-refractivity contribution in [2.75, 3.05) is 31.5 Å². The van der Waals surface area contributed by atoms with Crippen molar-refractivity contribution in [2.24, 2.45) is 0 Å². The van der Waals surface area contributed by atoms with Crippen LogP contribution in [0.1, 0.15) is 55.5 Å². The molecule has 1 heterocycles. The zero-order chi connectivity index (χ0) is 24.9. The zero-order valence-electron chi connectivity index (χ0n) is 20.0. The number of nitrogens with zero attached hydrogens (tertiary/aromatic N) is 2. The molecule has 1 amide bonds. The van der Waals surface area contributed by atoms with Gasteiger partial charge in [0.2, 0.25) is 20.0 Å². The lowest BCUT2D eigenvalue weighted by Gasteiger charge is -2.20. The number of nitrogens with one attached hydrogen (secondary N) is 1. The first-order chi connectivity index (χ1) is 16.1. The number of carbonyl (C=O) groups is 1. The van der Waals surface area contributed by atoms with Crippen molar-refractivity contribution in [3.8, 4) is 0 Å². The fraction of sp³-hybridized carbons (Fsp3) is 0.458. The number of aryl methyl sites for hydroxylation is 1. The molecule has 10 heteroatoms. The molecule has 8 nitrogen and oxygen atoms in total. The zero-order valence-corrected chi connectivity index (χ0v) is 21.6. The summed E-state index contributed by atoms with van der Waals surface area (Å²) in [4.78, 5) is 13.2. The lowest BCUT2D eigenvalue weighted by atomic mass is 10.1. The van der Waals surface area contributed by atoms with Crippen molar-refractivity contribution >= 4 is 31.6 Å². The van der Waals surface area contributed by atoms with E-state index in [2.05, 4.69) is 5.32 Å². The summed E-state index contributed by atoms with van der Waals surface area (Å²) in [6.45, 7) is 7.01. The Kier molecular flexibility index (Phi) is 8.51. The van der Waals surface area contributed by atoms with Gasteiger partial charge in [-0.3, -0.25) is 4.79 Å². The Morgan fingerprint density at radius 2 is 1.44 bits per heavy atom. The Labute approximate surface area is 203 Å². The Hall–Kier alpha value is -2.27. The van der Waals surface area contributed by atoms with Gasteiger partial charge in [0.1, 0.15) is 0 Å². The molecule has 0 aliphatic carbocycles. The highest BCUT2D eigenvalue weighted by Crippen LogP contribution is 2.24. The van der Waals surface area contributed by atoms with Crippen LogP contribution in [-0.4, -0.2) is 57.5 Å². The maximum absolute atomic E-state index is 13.2. The highest BCUT2D eigenvalue weighted by molar-refractivity contribution is 7.89. The molecule has 0 aromatic heterocycles. The third-order valence-electron chi connectivity index (χ3n) is 6.11. The number of benzene rings is 2. The number of hydrogen-bond acceptors (Lipinski definition) is 5. The van der Waals surface area contributed by atoms with Crippen LogP contribution in [0.2, 0.25) is 0 Å². The summed E-state index contributed by atoms with van der Waals surface area (Å²) in [6.07, 6.45) is 3.70. The van der Waals surface area contributed by atoms with Gasteiger partial charge in [0.25, 0.3) is 5.91 Å². The van der Waals surface area contributed by atoms with Crippen LogP contribution in [0.25, 0.3) is 0 Å². The van der Waals surface area contributed by atoms with E-state index in [1.54, 1.807) is 32.9 Å². The number of amides is 1. The number of anilines is 1. The van der Waals surface area contributed by atoms with Gasteiger partial charge >= 0.3 is 0 Å². The monoisotopic (exact) mass is 507 g/mol. The van der Waals surface area contributed by atoms with Crippen LogP contribution in [0.15, 0.2) is 52.3 Å². The predicted octanol–water partition coefficient (Wildman–Crippen LogP) is 3.84. The summed E-state index contributed by atoms with van der Waals surface area (Å²) >= 11 is 0. The first kappa shape index (κ1) is 26.3. The molecule has 0 unspecified atom stereocenters. The Morgan fingerprint density at radius 1 is 0.882 bits per heavy atom. The lowest BCUT2D eigenvalue weighted by molar-refractivity contribution is 0.102. The lowest BCUT2D eigenvalue weighted by Crippen LogP contribution is -2.32. The largest absolute Gasteiger partial charge is 0.322 e. The van der Waals surface area contributed by atoms with Crippen LogP contribution in [0.5, 0.6) is 0 Å². The minimum absolute atomic E-state index is 0.103. The van der Waals surface area contributed by atoms with Gasteiger partial charge in [-0.2, -0.15) is 8.61 Å². The van der Waals surface area contributed by atoms with Gasteiger partial charge in [0.15, 0.2) is 0 Å². The van der Waals surface area contributed by atoms with Gasteiger partial charge in [-0.05, 0) is 61.7 Å². The summed E-state index contributed by atoms with van der Waals surface area (Å²) < 4.78 is 54.5. The standard InChI is InChI=1S/C24H33N3O5S2/c1-4-26(5-2)33(29,30)21-14-11-20(12-15-21)25-24(28)23-18-22(13-10-19(23)3)34(31,32)27-16-8-6-7-9-17-27/h10-15,18H,4-9,16-17H2,1-3H3,(H,25,28). The summed E-state index contributed by atoms with van der Waals surface area (Å²) in [5.41, 5.74) is 1.33. The van der Waals surface area contributed by atoms with Crippen molar-refractivity contribution in [1.29, 1.82) is 0 Å². The molecule has 1 fully saturated rings. The summed E-state index contributed by atoms with van der Waals surface area (Å²) in [7, 11) is -7.28. The molecule has 0 saturated carbocycles. The normalized spacial score (nSPS) is 15.8. The molecule has 0 bridgehead atoms. The predicted molar refractivity (Wildman–Crippen MR) is 133 cm³/mol. The second-order valence-corrected chi connectivity index (χ2v) is 12.2. The molecule has 2 aromatic rings. The molecule has 1 N–H and O–H groups in total. The SMILES string of the molecule is CCN(CC)S(=O)(=O)c1ccc(NC(=O)c2cc(S(=O)(=O)N3CCCCCC3)ccc2C)cc1. The Bertz CT molecular complexity index is 1210. The van der Waals surface area contributed by atoms with Crippen LogP contribution in [0.4, 0.5) is 5.69 Å². The van der Waals surface area contributed by atoms with Crippen LogP contribution in [0.3, 0.4) is 0 Å². The molecule has 2 aromatic carbocycles. The molecule has 186 valence electrons. The van der Waals surface area contributed by atoms with Crippen LogP contribution >= 0.6 is 0 Å². The third kappa shape index (κ3) is 5.68. The minimum Gasteiger partial charge on any atom is -0.322 e. The van der Waals surface area contributed by atoms with E-state index in [9.17, 15) is 21.6 Å². The average Bonchev–Trinajstić information content (AvgIpc) is 3.10. The van der Waals surface area contributed by atoms with E-state index in [0.29, 0.717) is 37.4 Å². The first-order valence-electron chi connectivity index (χ1n) is 11.6. The smallest absolute Gasteiger partial charge is 0.255 e. The van der Waals surface area contributed by atoms with E-state index in [1.807, 2.05) is 0 Å². The average molecular weight is 508 g/mol. The summed E-state index contributed by atoms with van der Waals surface area (Å²) in [5.74, 6) is -0.454. The number of carbonyl (C=O) groups excluding carboxylic acids is 1. The van der Waals surface area contributed by atoms with Crippen LogP contribution in [0, 0.1) is 6.92 Å². The molecular formula is C24H33N3O5S2. The van der Waals surface area contributed by atoms with Gasteiger partial charge in [0, 0.05) is 37.4 Å². The Balaban J connectivity index is 1.81. The van der Waals surface area contributed by atoms with E-state index in [0.717, 1.165) is 25.7 Å². The van der Waals surface area contributed by atoms with Gasteiger partial charge in [0.05, 0.1) is 9.79 Å². The fourth-order valence-corrected chi connectivity index (χ4v) is 7.06. The van der Waals surface area contributed by atoms with Crippen molar-refractivity contribution in [1.82, 2.24) is 8.61 Å². The molecular weight excluding hydrogens is 474 g/mol. The van der Waals surface area contributed by atoms with Crippen LogP contribution < -0.4 is 5.32 Å². The minimum atomic E-state index is -3.68. The van der Waals surface area contributed by atoms with E-state index < -0.39 is 26.0 Å². The quantitative estimate of drug-likeness (QED) is 0.585. The molecule has 3 rings (SSSR count). The van der Waals surface area contributed by atoms with Crippen LogP contribution in [-0.2, 0) is 20.0 Å². The Morgan fingerprint density at radius 3 is 2.00 bits per heavy atom. The molecule has 1 aliphatic rings. The van der Waals surface area contributed by atoms with Crippen molar-refractivity contribution in [3.05, 3.63) is 53.6 Å². The third-order valence-corrected chi connectivity index (χ3v) is 10.1. The first-order valence-corrected chi connectivity index (χ1v) is 14.5. The fourth-order valence-electron chi connectivity index (χ4n) is 4.06. The van der Waals surface area contributed by atoms with E-state index >= 15 is 0 Å². The second kappa shape index (κ2) is 11.0. The molecule has 1 saturated heterocycles. The van der Waals surface area contributed by atoms with E-state index in [-0.39, 0.29) is 15.4 Å². The van der Waals surface area contributed by atoms with Gasteiger partial charge in [-0.1, -0.05) is 32.8 Å². The van der Waals surface area contributed by atoms with Gasteiger partial charge in [-0.25, -0.2) is 16.8 Å². The maximum Gasteiger partial charge on any atom is 0.255 e. The van der Waals surface area contributed by atoms with E-state index in [1.165, 1.54) is 38.9 Å². The molecule has 0 radical (unpaired) electrons. The second-order valence-electron chi connectivity index (χ2n) is 8.36. The van der Waals surface area contributed by atoms with Crippen molar-refractivity contribution < 1.29 is 21.6 Å². The topological polar surface area (TPSA) is 104 Å². The molecule has 0 spiro atoms. The number of hydrogen-bond donors (Lipinski definition) is 1. The number of rotatable bonds is 8. The van der Waals surface area contributed by atoms with E-state index in [4.69, 9.17) is 0 Å². The highest BCUT2D eigenvalue weighted by atomic mass is 32.2. The summed E-state index contributed by atoms with van der Waals surface area (Å²) in [5, 5.41) is 2.75. The number of sulfonamides is 2. The maximum atomic E-state index is 13.2.